The van der Waals surface area contributed by atoms with E-state index in [0.717, 1.165) is 17.7 Å². The first kappa shape index (κ1) is 20.3. The van der Waals surface area contributed by atoms with Gasteiger partial charge in [0, 0.05) is 5.56 Å². The standard InChI is InChI=1S/C21H11Cl2F3N4/c22-16-2-1-3-17(23)18(16)20-29-27-19(28-30-20)14-6-4-12(5-7-14)13-8-10-15(11-9-13)21(24,25)26/h1-11H. The Morgan fingerprint density at radius 1 is 0.567 bits per heavy atom. The molecule has 4 rings (SSSR count). The van der Waals surface area contributed by atoms with E-state index in [1.807, 2.05) is 0 Å². The second kappa shape index (κ2) is 8.01. The number of aromatic nitrogens is 4. The molecule has 0 aliphatic heterocycles. The molecule has 0 unspecified atom stereocenters. The minimum absolute atomic E-state index is 0.204. The van der Waals surface area contributed by atoms with Gasteiger partial charge in [-0.1, -0.05) is 65.7 Å². The first-order valence-corrected chi connectivity index (χ1v) is 9.38. The van der Waals surface area contributed by atoms with Crippen molar-refractivity contribution in [1.29, 1.82) is 0 Å². The van der Waals surface area contributed by atoms with E-state index in [-0.39, 0.29) is 5.82 Å². The number of hydrogen-bond acceptors (Lipinski definition) is 4. The Morgan fingerprint density at radius 2 is 1.00 bits per heavy atom. The van der Waals surface area contributed by atoms with E-state index in [1.165, 1.54) is 12.1 Å². The highest BCUT2D eigenvalue weighted by Gasteiger charge is 2.29. The number of hydrogen-bond donors (Lipinski definition) is 0. The average molecular weight is 447 g/mol. The summed E-state index contributed by atoms with van der Waals surface area (Å²) in [7, 11) is 0. The zero-order valence-corrected chi connectivity index (χ0v) is 16.5. The van der Waals surface area contributed by atoms with Gasteiger partial charge in [0.1, 0.15) is 0 Å². The van der Waals surface area contributed by atoms with Crippen LogP contribution in [-0.4, -0.2) is 20.4 Å². The SMILES string of the molecule is FC(F)(F)c1ccc(-c2ccc(-c3nnc(-c4c(Cl)cccc4Cl)nn3)cc2)cc1. The smallest absolute Gasteiger partial charge is 0.166 e. The zero-order valence-electron chi connectivity index (χ0n) is 15.0. The van der Waals surface area contributed by atoms with Crippen LogP contribution in [0.4, 0.5) is 13.2 Å². The van der Waals surface area contributed by atoms with Crippen molar-refractivity contribution in [3.8, 4) is 33.9 Å². The van der Waals surface area contributed by atoms with Crippen molar-refractivity contribution in [2.75, 3.05) is 0 Å². The van der Waals surface area contributed by atoms with Crippen LogP contribution in [-0.2, 0) is 6.18 Å². The largest absolute Gasteiger partial charge is 0.416 e. The summed E-state index contributed by atoms with van der Waals surface area (Å²) in [5, 5.41) is 17.1. The maximum absolute atomic E-state index is 12.7. The molecule has 0 amide bonds. The molecule has 3 aromatic carbocycles. The maximum Gasteiger partial charge on any atom is 0.416 e. The number of alkyl halides is 3. The van der Waals surface area contributed by atoms with E-state index >= 15 is 0 Å². The Kier molecular flexibility index (Phi) is 5.40. The van der Waals surface area contributed by atoms with Crippen molar-refractivity contribution >= 4 is 23.2 Å². The molecule has 0 aliphatic carbocycles. The van der Waals surface area contributed by atoms with Gasteiger partial charge in [0.25, 0.3) is 0 Å². The quantitative estimate of drug-likeness (QED) is 0.356. The van der Waals surface area contributed by atoms with Crippen LogP contribution in [0.5, 0.6) is 0 Å². The fourth-order valence-corrected chi connectivity index (χ4v) is 3.39. The number of benzene rings is 3. The van der Waals surface area contributed by atoms with Gasteiger partial charge in [-0.15, -0.1) is 20.4 Å². The molecular weight excluding hydrogens is 436 g/mol. The van der Waals surface area contributed by atoms with E-state index < -0.39 is 11.7 Å². The van der Waals surface area contributed by atoms with E-state index in [0.29, 0.717) is 32.6 Å². The second-order valence-corrected chi connectivity index (χ2v) is 7.11. The molecule has 4 aromatic rings. The Morgan fingerprint density at radius 3 is 1.50 bits per heavy atom. The fraction of sp³-hybridized carbons (Fsp3) is 0.0476. The fourth-order valence-electron chi connectivity index (χ4n) is 2.82. The first-order valence-electron chi connectivity index (χ1n) is 8.63. The maximum atomic E-state index is 12.7. The minimum Gasteiger partial charge on any atom is -0.166 e. The predicted octanol–water partition coefficient (Wildman–Crippen LogP) is 6.59. The Hall–Kier alpha value is -3.03. The van der Waals surface area contributed by atoms with Gasteiger partial charge in [-0.3, -0.25) is 0 Å². The molecule has 1 heterocycles. The lowest BCUT2D eigenvalue weighted by Crippen LogP contribution is -2.03. The molecule has 9 heteroatoms. The van der Waals surface area contributed by atoms with Gasteiger partial charge in [0.05, 0.1) is 21.2 Å². The summed E-state index contributed by atoms with van der Waals surface area (Å²) in [4.78, 5) is 0. The molecule has 1 aromatic heterocycles. The van der Waals surface area contributed by atoms with Crippen molar-refractivity contribution in [2.24, 2.45) is 0 Å². The third-order valence-corrected chi connectivity index (χ3v) is 4.98. The predicted molar refractivity (Wildman–Crippen MR) is 109 cm³/mol. The van der Waals surface area contributed by atoms with Gasteiger partial charge in [0.15, 0.2) is 0 Å². The van der Waals surface area contributed by atoms with Crippen molar-refractivity contribution in [2.45, 2.75) is 6.18 Å². The van der Waals surface area contributed by atoms with Crippen molar-refractivity contribution in [1.82, 2.24) is 20.4 Å². The van der Waals surface area contributed by atoms with Crippen LogP contribution in [0.15, 0.2) is 66.7 Å². The third kappa shape index (κ3) is 4.13. The molecular formula is C21H11Cl2F3N4. The Bertz CT molecular complexity index is 1160. The van der Waals surface area contributed by atoms with Crippen LogP contribution in [0, 0.1) is 0 Å². The van der Waals surface area contributed by atoms with Crippen LogP contribution in [0.1, 0.15) is 5.56 Å². The topological polar surface area (TPSA) is 51.6 Å². The molecule has 0 N–H and O–H groups in total. The second-order valence-electron chi connectivity index (χ2n) is 6.30. The summed E-state index contributed by atoms with van der Waals surface area (Å²) < 4.78 is 38.1. The van der Waals surface area contributed by atoms with Crippen molar-refractivity contribution in [3.63, 3.8) is 0 Å². The molecule has 0 saturated carbocycles. The lowest BCUT2D eigenvalue weighted by atomic mass is 10.0. The van der Waals surface area contributed by atoms with E-state index in [2.05, 4.69) is 20.4 Å². The highest BCUT2D eigenvalue weighted by atomic mass is 35.5. The molecule has 150 valence electrons. The number of rotatable bonds is 3. The van der Waals surface area contributed by atoms with Crippen LogP contribution in [0.25, 0.3) is 33.9 Å². The normalized spacial score (nSPS) is 11.5. The molecule has 0 spiro atoms. The van der Waals surface area contributed by atoms with Gasteiger partial charge in [-0.25, -0.2) is 0 Å². The summed E-state index contributed by atoms with van der Waals surface area (Å²) in [5.74, 6) is 0.497. The molecule has 0 atom stereocenters. The molecule has 0 fully saturated rings. The molecule has 0 aliphatic rings. The molecule has 30 heavy (non-hydrogen) atoms. The summed E-state index contributed by atoms with van der Waals surface area (Å²) in [6.07, 6.45) is -4.36. The molecule has 0 bridgehead atoms. The highest BCUT2D eigenvalue weighted by molar-refractivity contribution is 6.38. The summed E-state index contributed by atoms with van der Waals surface area (Å²) >= 11 is 12.3. The first-order chi connectivity index (χ1) is 14.3. The molecule has 4 nitrogen and oxygen atoms in total. The lowest BCUT2D eigenvalue weighted by molar-refractivity contribution is -0.137. The van der Waals surface area contributed by atoms with E-state index in [9.17, 15) is 13.2 Å². The summed E-state index contributed by atoms with van der Waals surface area (Å²) in [6.45, 7) is 0. The Balaban J connectivity index is 1.57. The van der Waals surface area contributed by atoms with Crippen molar-refractivity contribution < 1.29 is 13.2 Å². The minimum atomic E-state index is -4.36. The summed E-state index contributed by atoms with van der Waals surface area (Å²) in [6, 6.07) is 17.0. The lowest BCUT2D eigenvalue weighted by Gasteiger charge is -2.08. The average Bonchev–Trinajstić information content (AvgIpc) is 2.74. The Labute approximate surface area is 179 Å². The van der Waals surface area contributed by atoms with Crippen molar-refractivity contribution in [3.05, 3.63) is 82.3 Å². The summed E-state index contributed by atoms with van der Waals surface area (Å²) in [5.41, 5.74) is 1.84. The highest BCUT2D eigenvalue weighted by Crippen LogP contribution is 2.33. The van der Waals surface area contributed by atoms with Gasteiger partial charge in [-0.05, 0) is 35.4 Å². The number of halogens is 5. The van der Waals surface area contributed by atoms with Crippen LogP contribution in [0.2, 0.25) is 10.0 Å². The monoisotopic (exact) mass is 446 g/mol. The number of nitrogens with zero attached hydrogens (tertiary/aromatic N) is 4. The van der Waals surface area contributed by atoms with Gasteiger partial charge < -0.3 is 0 Å². The van der Waals surface area contributed by atoms with Crippen LogP contribution >= 0.6 is 23.2 Å². The third-order valence-electron chi connectivity index (χ3n) is 4.35. The van der Waals surface area contributed by atoms with Crippen LogP contribution in [0.3, 0.4) is 0 Å². The molecule has 0 saturated heterocycles. The van der Waals surface area contributed by atoms with E-state index in [4.69, 9.17) is 23.2 Å². The van der Waals surface area contributed by atoms with Gasteiger partial charge >= 0.3 is 6.18 Å². The zero-order chi connectivity index (χ0) is 21.3. The van der Waals surface area contributed by atoms with Gasteiger partial charge in [-0.2, -0.15) is 13.2 Å². The van der Waals surface area contributed by atoms with Crippen LogP contribution < -0.4 is 0 Å². The molecule has 0 radical (unpaired) electrons. The van der Waals surface area contributed by atoms with Gasteiger partial charge in [0.2, 0.25) is 11.6 Å². The van der Waals surface area contributed by atoms with E-state index in [1.54, 1.807) is 42.5 Å².